The molecule has 0 radical (unpaired) electrons. The van der Waals surface area contributed by atoms with E-state index >= 15 is 0 Å². The molecule has 0 amide bonds. The molecule has 1 N–H and O–H groups in total. The second-order valence-corrected chi connectivity index (χ2v) is 9.51. The Bertz CT molecular complexity index is 1490. The lowest BCUT2D eigenvalue weighted by Crippen LogP contribution is -2.20. The van der Waals surface area contributed by atoms with E-state index in [-0.39, 0.29) is 17.2 Å². The summed E-state index contributed by atoms with van der Waals surface area (Å²) in [5.74, 6) is -0.374. The van der Waals surface area contributed by atoms with Gasteiger partial charge in [0.05, 0.1) is 17.5 Å². The molecular weight excluding hydrogens is 513 g/mol. The largest absolute Gasteiger partial charge is 0.493 e. The van der Waals surface area contributed by atoms with Crippen molar-refractivity contribution in [1.82, 2.24) is 4.98 Å². The number of aliphatic carboxylic acids is 1. The van der Waals surface area contributed by atoms with Crippen molar-refractivity contribution in [2.75, 3.05) is 6.61 Å². The van der Waals surface area contributed by atoms with Crippen LogP contribution in [0.1, 0.15) is 33.8 Å². The fourth-order valence-corrected chi connectivity index (χ4v) is 4.66. The van der Waals surface area contributed by atoms with Crippen LogP contribution in [-0.4, -0.2) is 28.4 Å². The van der Waals surface area contributed by atoms with E-state index in [1.165, 1.54) is 0 Å². The van der Waals surface area contributed by atoms with Gasteiger partial charge in [-0.2, -0.15) is 0 Å². The lowest BCUT2D eigenvalue weighted by Gasteiger charge is -2.24. The Morgan fingerprint density at radius 3 is 2.57 bits per heavy atom. The molecule has 1 aliphatic rings. The van der Waals surface area contributed by atoms with E-state index in [1.54, 1.807) is 54.9 Å². The summed E-state index contributed by atoms with van der Waals surface area (Å²) in [5.41, 5.74) is 3.68. The first-order valence-corrected chi connectivity index (χ1v) is 12.3. The molecule has 3 aromatic carbocycles. The number of ether oxygens (including phenoxy) is 2. The average Bonchev–Trinajstić information content (AvgIpc) is 2.89. The highest BCUT2D eigenvalue weighted by atomic mass is 35.5. The van der Waals surface area contributed by atoms with Gasteiger partial charge in [-0.05, 0) is 66.1 Å². The number of aromatic nitrogens is 1. The Hall–Kier alpha value is -3.87. The summed E-state index contributed by atoms with van der Waals surface area (Å²) >= 11 is 12.5. The number of pyridine rings is 1. The fourth-order valence-electron chi connectivity index (χ4n) is 4.26. The summed E-state index contributed by atoms with van der Waals surface area (Å²) in [6.07, 6.45) is 4.00. The number of carbonyl (C=O) groups is 2. The summed E-state index contributed by atoms with van der Waals surface area (Å²) in [4.78, 5) is 28.7. The van der Waals surface area contributed by atoms with Crippen molar-refractivity contribution in [3.63, 3.8) is 0 Å². The maximum absolute atomic E-state index is 12.9. The van der Waals surface area contributed by atoms with Crippen molar-refractivity contribution >= 4 is 35.0 Å². The van der Waals surface area contributed by atoms with Crippen molar-refractivity contribution in [3.05, 3.63) is 106 Å². The SMILES string of the molecule is O=C(Cc1cncc(-c2cccc(Cl)c2)c1)c1ccc(Oc2cc3c(cc2Cl)C(C(=O)O)CCO3)cc1. The Kier molecular flexibility index (Phi) is 7.12. The molecule has 5 rings (SSSR count). The van der Waals surface area contributed by atoms with Gasteiger partial charge < -0.3 is 14.6 Å². The highest BCUT2D eigenvalue weighted by Crippen LogP contribution is 2.41. The van der Waals surface area contributed by atoms with Crippen LogP contribution in [0.5, 0.6) is 17.2 Å². The molecular formula is C29H21Cl2NO5. The molecule has 8 heteroatoms. The van der Waals surface area contributed by atoms with Crippen LogP contribution in [0.2, 0.25) is 10.0 Å². The first kappa shape index (κ1) is 24.8. The number of Topliss-reactive ketones (excluding diaryl/α,β-unsaturated/α-hetero) is 1. The van der Waals surface area contributed by atoms with Gasteiger partial charge in [-0.15, -0.1) is 0 Å². The highest BCUT2D eigenvalue weighted by Gasteiger charge is 2.29. The third kappa shape index (κ3) is 5.61. The van der Waals surface area contributed by atoms with Crippen LogP contribution in [0.15, 0.2) is 79.1 Å². The van der Waals surface area contributed by atoms with E-state index in [9.17, 15) is 14.7 Å². The molecule has 1 atom stereocenters. The molecule has 1 aromatic heterocycles. The van der Waals surface area contributed by atoms with E-state index < -0.39 is 11.9 Å². The molecule has 0 aliphatic carbocycles. The van der Waals surface area contributed by atoms with Crippen LogP contribution in [-0.2, 0) is 11.2 Å². The number of fused-ring (bicyclic) bond motifs is 1. The Morgan fingerprint density at radius 1 is 1.00 bits per heavy atom. The van der Waals surface area contributed by atoms with E-state index in [0.717, 1.165) is 16.7 Å². The molecule has 2 heterocycles. The van der Waals surface area contributed by atoms with Crippen LogP contribution < -0.4 is 9.47 Å². The van der Waals surface area contributed by atoms with Gasteiger partial charge in [-0.3, -0.25) is 14.6 Å². The number of hydrogen-bond donors (Lipinski definition) is 1. The minimum absolute atomic E-state index is 0.0588. The normalized spacial score (nSPS) is 14.4. The second kappa shape index (κ2) is 10.6. The smallest absolute Gasteiger partial charge is 0.311 e. The Balaban J connectivity index is 1.28. The second-order valence-electron chi connectivity index (χ2n) is 8.67. The number of ketones is 1. The lowest BCUT2D eigenvalue weighted by molar-refractivity contribution is -0.139. The minimum atomic E-state index is -0.915. The van der Waals surface area contributed by atoms with Crippen molar-refractivity contribution in [2.24, 2.45) is 0 Å². The summed E-state index contributed by atoms with van der Waals surface area (Å²) in [7, 11) is 0. The molecule has 6 nitrogen and oxygen atoms in total. The van der Waals surface area contributed by atoms with Crippen LogP contribution in [0, 0.1) is 0 Å². The number of carbonyl (C=O) groups excluding carboxylic acids is 1. The van der Waals surface area contributed by atoms with Gasteiger partial charge in [-0.25, -0.2) is 0 Å². The molecule has 1 unspecified atom stereocenters. The molecule has 0 saturated heterocycles. The van der Waals surface area contributed by atoms with Crippen molar-refractivity contribution in [3.8, 4) is 28.4 Å². The maximum Gasteiger partial charge on any atom is 0.311 e. The number of nitrogens with zero attached hydrogens (tertiary/aromatic N) is 1. The summed E-state index contributed by atoms with van der Waals surface area (Å²) in [6, 6.07) is 19.3. The van der Waals surface area contributed by atoms with Gasteiger partial charge in [0.15, 0.2) is 5.78 Å². The van der Waals surface area contributed by atoms with Crippen LogP contribution in [0.4, 0.5) is 0 Å². The van der Waals surface area contributed by atoms with Crippen molar-refractivity contribution < 1.29 is 24.2 Å². The van der Waals surface area contributed by atoms with Crippen LogP contribution >= 0.6 is 23.2 Å². The zero-order valence-corrected chi connectivity index (χ0v) is 21.0. The zero-order chi connectivity index (χ0) is 25.9. The third-order valence-electron chi connectivity index (χ3n) is 6.12. The average molecular weight is 534 g/mol. The number of carboxylic acid groups (broad SMARTS) is 1. The van der Waals surface area contributed by atoms with E-state index in [2.05, 4.69) is 4.98 Å². The molecule has 0 spiro atoms. The number of carboxylic acids is 1. The van der Waals surface area contributed by atoms with Gasteiger partial charge in [0.1, 0.15) is 17.2 Å². The summed E-state index contributed by atoms with van der Waals surface area (Å²) in [5, 5.41) is 10.4. The van der Waals surface area contributed by atoms with Gasteiger partial charge in [-0.1, -0.05) is 35.3 Å². The molecule has 186 valence electrons. The molecule has 0 fully saturated rings. The first-order chi connectivity index (χ1) is 17.9. The zero-order valence-electron chi connectivity index (χ0n) is 19.5. The molecule has 0 saturated carbocycles. The van der Waals surface area contributed by atoms with E-state index in [0.29, 0.717) is 46.4 Å². The monoisotopic (exact) mass is 533 g/mol. The van der Waals surface area contributed by atoms with Crippen molar-refractivity contribution in [1.29, 1.82) is 0 Å². The summed E-state index contributed by atoms with van der Waals surface area (Å²) < 4.78 is 11.5. The summed E-state index contributed by atoms with van der Waals surface area (Å²) in [6.45, 7) is 0.305. The molecule has 0 bridgehead atoms. The van der Waals surface area contributed by atoms with Crippen molar-refractivity contribution in [2.45, 2.75) is 18.8 Å². The van der Waals surface area contributed by atoms with Crippen LogP contribution in [0.25, 0.3) is 11.1 Å². The minimum Gasteiger partial charge on any atom is -0.493 e. The quantitative estimate of drug-likeness (QED) is 0.252. The Morgan fingerprint density at radius 2 is 1.81 bits per heavy atom. The number of halogens is 2. The maximum atomic E-state index is 12.9. The number of rotatable bonds is 7. The predicted octanol–water partition coefficient (Wildman–Crippen LogP) is 7.22. The first-order valence-electron chi connectivity index (χ1n) is 11.6. The fraction of sp³-hybridized carbons (Fsp3) is 0.138. The van der Waals surface area contributed by atoms with Gasteiger partial charge in [0.2, 0.25) is 0 Å². The third-order valence-corrected chi connectivity index (χ3v) is 6.65. The van der Waals surface area contributed by atoms with E-state index in [4.69, 9.17) is 32.7 Å². The number of benzene rings is 3. The Labute approximate surface area is 223 Å². The van der Waals surface area contributed by atoms with E-state index in [1.807, 2.05) is 24.3 Å². The molecule has 37 heavy (non-hydrogen) atoms. The lowest BCUT2D eigenvalue weighted by atomic mass is 9.93. The standard InChI is InChI=1S/C29H21Cl2NO5/c30-21-3-1-2-19(12-21)20-10-17(15-32-16-20)11-26(33)18-4-6-22(7-5-18)37-28-14-27-24(13-25(28)31)23(29(34)35)8-9-36-27/h1-7,10,12-16,23H,8-9,11H2,(H,34,35). The number of hydrogen-bond acceptors (Lipinski definition) is 5. The highest BCUT2D eigenvalue weighted by molar-refractivity contribution is 6.32. The molecule has 1 aliphatic heterocycles. The van der Waals surface area contributed by atoms with Gasteiger partial charge >= 0.3 is 5.97 Å². The van der Waals surface area contributed by atoms with Crippen LogP contribution in [0.3, 0.4) is 0 Å². The van der Waals surface area contributed by atoms with Gasteiger partial charge in [0.25, 0.3) is 0 Å². The molecule has 4 aromatic rings. The topological polar surface area (TPSA) is 85.7 Å². The van der Waals surface area contributed by atoms with Gasteiger partial charge in [0, 0.05) is 46.6 Å². The predicted molar refractivity (Wildman–Crippen MR) is 141 cm³/mol.